The predicted octanol–water partition coefficient (Wildman–Crippen LogP) is 3.45. The van der Waals surface area contributed by atoms with Crippen LogP contribution in [0.5, 0.6) is 0 Å². The number of thiophene rings is 2. The Morgan fingerprint density at radius 1 is 1.36 bits per heavy atom. The molecular formula is C15H15N3O2S2. The van der Waals surface area contributed by atoms with Gasteiger partial charge in [-0.05, 0) is 22.9 Å². The number of amides is 1. The zero-order valence-corrected chi connectivity index (χ0v) is 13.7. The molecule has 0 atom stereocenters. The van der Waals surface area contributed by atoms with Gasteiger partial charge in [-0.2, -0.15) is 16.3 Å². The zero-order valence-electron chi connectivity index (χ0n) is 12.1. The van der Waals surface area contributed by atoms with Gasteiger partial charge in [-0.25, -0.2) is 0 Å². The summed E-state index contributed by atoms with van der Waals surface area (Å²) in [6, 6.07) is 5.96. The highest BCUT2D eigenvalue weighted by Crippen LogP contribution is 2.19. The second-order valence-electron chi connectivity index (χ2n) is 4.85. The number of nitrogens with zero attached hydrogens (tertiary/aromatic N) is 3. The molecule has 0 unspecified atom stereocenters. The Hall–Kier alpha value is -1.99. The van der Waals surface area contributed by atoms with Crippen molar-refractivity contribution in [1.29, 1.82) is 0 Å². The van der Waals surface area contributed by atoms with E-state index in [9.17, 15) is 4.79 Å². The van der Waals surface area contributed by atoms with E-state index in [2.05, 4.69) is 10.1 Å². The standard InChI is InChI=1S/C15H15N3O2S2/c1-18(9-12-3-2-7-22-12)14(19)5-4-13-16-15(17-20-13)11-6-8-21-10-11/h2-3,6-8,10H,4-5,9H2,1H3. The van der Waals surface area contributed by atoms with Crippen molar-refractivity contribution in [1.82, 2.24) is 15.0 Å². The SMILES string of the molecule is CN(Cc1cccs1)C(=O)CCc1nc(-c2ccsc2)no1. The molecule has 0 fully saturated rings. The van der Waals surface area contributed by atoms with Crippen molar-refractivity contribution in [3.63, 3.8) is 0 Å². The molecule has 0 spiro atoms. The van der Waals surface area contributed by atoms with Crippen LogP contribution in [0.2, 0.25) is 0 Å². The minimum Gasteiger partial charge on any atom is -0.341 e. The van der Waals surface area contributed by atoms with Gasteiger partial charge >= 0.3 is 0 Å². The van der Waals surface area contributed by atoms with Crippen LogP contribution in [0.25, 0.3) is 11.4 Å². The van der Waals surface area contributed by atoms with Gasteiger partial charge in [-0.1, -0.05) is 11.2 Å². The van der Waals surface area contributed by atoms with Gasteiger partial charge in [0, 0.05) is 35.7 Å². The van der Waals surface area contributed by atoms with Crippen molar-refractivity contribution in [3.05, 3.63) is 45.1 Å². The Bertz CT molecular complexity index is 720. The maximum Gasteiger partial charge on any atom is 0.227 e. The first kappa shape index (κ1) is 14.9. The molecule has 22 heavy (non-hydrogen) atoms. The van der Waals surface area contributed by atoms with E-state index >= 15 is 0 Å². The van der Waals surface area contributed by atoms with E-state index in [1.807, 2.05) is 41.4 Å². The zero-order chi connectivity index (χ0) is 15.4. The molecule has 7 heteroatoms. The first-order valence-electron chi connectivity index (χ1n) is 6.84. The third kappa shape index (κ3) is 3.61. The third-order valence-corrected chi connectivity index (χ3v) is 4.74. The fraction of sp³-hybridized carbons (Fsp3) is 0.267. The quantitative estimate of drug-likeness (QED) is 0.693. The largest absolute Gasteiger partial charge is 0.341 e. The Morgan fingerprint density at radius 2 is 2.27 bits per heavy atom. The summed E-state index contributed by atoms with van der Waals surface area (Å²) < 4.78 is 5.20. The Balaban J connectivity index is 1.52. The molecule has 0 aliphatic rings. The van der Waals surface area contributed by atoms with Crippen molar-refractivity contribution in [3.8, 4) is 11.4 Å². The van der Waals surface area contributed by atoms with Crippen LogP contribution < -0.4 is 0 Å². The highest BCUT2D eigenvalue weighted by Gasteiger charge is 2.14. The molecule has 0 aliphatic carbocycles. The monoisotopic (exact) mass is 333 g/mol. The van der Waals surface area contributed by atoms with Gasteiger partial charge in [0.25, 0.3) is 0 Å². The van der Waals surface area contributed by atoms with Crippen LogP contribution in [0, 0.1) is 0 Å². The van der Waals surface area contributed by atoms with Crippen LogP contribution >= 0.6 is 22.7 Å². The fourth-order valence-corrected chi connectivity index (χ4v) is 3.39. The summed E-state index contributed by atoms with van der Waals surface area (Å²) in [5.41, 5.74) is 0.945. The summed E-state index contributed by atoms with van der Waals surface area (Å²) in [6.45, 7) is 0.639. The molecule has 0 N–H and O–H groups in total. The minimum absolute atomic E-state index is 0.0729. The number of aryl methyl sites for hydroxylation is 1. The molecule has 0 aliphatic heterocycles. The number of hydrogen-bond donors (Lipinski definition) is 0. The molecular weight excluding hydrogens is 318 g/mol. The summed E-state index contributed by atoms with van der Waals surface area (Å²) in [4.78, 5) is 19.3. The molecule has 1 amide bonds. The number of carbonyl (C=O) groups excluding carboxylic acids is 1. The summed E-state index contributed by atoms with van der Waals surface area (Å²) in [6.07, 6.45) is 0.831. The second-order valence-corrected chi connectivity index (χ2v) is 6.67. The number of hydrogen-bond acceptors (Lipinski definition) is 6. The van der Waals surface area contributed by atoms with Gasteiger partial charge in [0.2, 0.25) is 17.6 Å². The van der Waals surface area contributed by atoms with E-state index in [1.165, 1.54) is 4.88 Å². The minimum atomic E-state index is 0.0729. The van der Waals surface area contributed by atoms with Gasteiger partial charge in [-0.15, -0.1) is 11.3 Å². The van der Waals surface area contributed by atoms with Gasteiger partial charge in [0.1, 0.15) is 0 Å². The van der Waals surface area contributed by atoms with E-state index < -0.39 is 0 Å². The fourth-order valence-electron chi connectivity index (χ4n) is 1.99. The highest BCUT2D eigenvalue weighted by molar-refractivity contribution is 7.09. The van der Waals surface area contributed by atoms with Crippen molar-refractivity contribution >= 4 is 28.6 Å². The van der Waals surface area contributed by atoms with E-state index in [1.54, 1.807) is 27.6 Å². The lowest BCUT2D eigenvalue weighted by molar-refractivity contribution is -0.130. The topological polar surface area (TPSA) is 59.2 Å². The van der Waals surface area contributed by atoms with Crippen LogP contribution in [0.1, 0.15) is 17.2 Å². The Labute approximate surface area is 136 Å². The van der Waals surface area contributed by atoms with Crippen molar-refractivity contribution in [2.45, 2.75) is 19.4 Å². The smallest absolute Gasteiger partial charge is 0.227 e. The molecule has 114 valence electrons. The normalized spacial score (nSPS) is 10.8. The Morgan fingerprint density at radius 3 is 3.00 bits per heavy atom. The number of rotatable bonds is 6. The molecule has 0 saturated heterocycles. The van der Waals surface area contributed by atoms with Crippen molar-refractivity contribution in [2.75, 3.05) is 7.05 Å². The van der Waals surface area contributed by atoms with E-state index in [-0.39, 0.29) is 5.91 Å². The summed E-state index contributed by atoms with van der Waals surface area (Å²) in [5, 5.41) is 9.89. The third-order valence-electron chi connectivity index (χ3n) is 3.20. The molecule has 3 rings (SSSR count). The summed E-state index contributed by atoms with van der Waals surface area (Å²) >= 11 is 3.24. The van der Waals surface area contributed by atoms with Gasteiger partial charge < -0.3 is 9.42 Å². The molecule has 3 aromatic heterocycles. The van der Waals surface area contributed by atoms with Gasteiger partial charge in [0.15, 0.2) is 0 Å². The van der Waals surface area contributed by atoms with E-state index in [0.717, 1.165) is 5.56 Å². The van der Waals surface area contributed by atoms with Crippen LogP contribution in [0.4, 0.5) is 0 Å². The predicted molar refractivity (Wildman–Crippen MR) is 86.7 cm³/mol. The molecule has 0 radical (unpaired) electrons. The lowest BCUT2D eigenvalue weighted by Gasteiger charge is -2.15. The van der Waals surface area contributed by atoms with Crippen molar-refractivity contribution < 1.29 is 9.32 Å². The summed E-state index contributed by atoms with van der Waals surface area (Å²) in [7, 11) is 1.81. The first-order chi connectivity index (χ1) is 10.7. The molecule has 0 bridgehead atoms. The lowest BCUT2D eigenvalue weighted by atomic mass is 10.2. The highest BCUT2D eigenvalue weighted by atomic mass is 32.1. The Kier molecular flexibility index (Phi) is 4.65. The average Bonchev–Trinajstić information content (AvgIpc) is 3.25. The second kappa shape index (κ2) is 6.85. The maximum atomic E-state index is 12.1. The van der Waals surface area contributed by atoms with Gasteiger partial charge in [0.05, 0.1) is 6.54 Å². The molecule has 0 aromatic carbocycles. The van der Waals surface area contributed by atoms with E-state index in [0.29, 0.717) is 31.1 Å². The van der Waals surface area contributed by atoms with Crippen molar-refractivity contribution in [2.24, 2.45) is 0 Å². The number of carbonyl (C=O) groups is 1. The molecule has 3 heterocycles. The van der Waals surface area contributed by atoms with Crippen LogP contribution in [0.3, 0.4) is 0 Å². The van der Waals surface area contributed by atoms with Crippen LogP contribution in [-0.4, -0.2) is 28.0 Å². The lowest BCUT2D eigenvalue weighted by Crippen LogP contribution is -2.26. The molecule has 0 saturated carbocycles. The maximum absolute atomic E-state index is 12.1. The molecule has 3 aromatic rings. The van der Waals surface area contributed by atoms with Crippen LogP contribution in [0.15, 0.2) is 38.9 Å². The number of aromatic nitrogens is 2. The average molecular weight is 333 g/mol. The molecule has 5 nitrogen and oxygen atoms in total. The summed E-state index contributed by atoms with van der Waals surface area (Å²) in [5.74, 6) is 1.15. The van der Waals surface area contributed by atoms with Crippen LogP contribution in [-0.2, 0) is 17.8 Å². The van der Waals surface area contributed by atoms with E-state index in [4.69, 9.17) is 4.52 Å². The first-order valence-corrected chi connectivity index (χ1v) is 8.66. The van der Waals surface area contributed by atoms with Gasteiger partial charge in [-0.3, -0.25) is 4.79 Å².